The Morgan fingerprint density at radius 3 is 2.95 bits per heavy atom. The van der Waals surface area contributed by atoms with Gasteiger partial charge in [-0.05, 0) is 49.1 Å². The van der Waals surface area contributed by atoms with Crippen molar-refractivity contribution < 1.29 is 4.79 Å². The van der Waals surface area contributed by atoms with E-state index in [0.717, 1.165) is 36.9 Å². The molecule has 0 radical (unpaired) electrons. The quantitative estimate of drug-likeness (QED) is 0.886. The predicted octanol–water partition coefficient (Wildman–Crippen LogP) is 2.28. The van der Waals surface area contributed by atoms with E-state index >= 15 is 0 Å². The van der Waals surface area contributed by atoms with Gasteiger partial charge in [-0.15, -0.1) is 0 Å². The van der Waals surface area contributed by atoms with Crippen molar-refractivity contribution in [3.8, 4) is 0 Å². The number of rotatable bonds is 4. The Morgan fingerprint density at radius 1 is 1.50 bits per heavy atom. The number of fused-ring (bicyclic) bond motifs is 1. The van der Waals surface area contributed by atoms with Gasteiger partial charge in [-0.2, -0.15) is 0 Å². The molecule has 4 nitrogen and oxygen atoms in total. The molecule has 1 aromatic heterocycles. The van der Waals surface area contributed by atoms with E-state index in [1.54, 1.807) is 6.07 Å². The molecule has 1 aliphatic carbocycles. The molecule has 0 aliphatic heterocycles. The molecule has 110 valence electrons. The molecule has 4 heteroatoms. The minimum atomic E-state index is -0.264. The van der Waals surface area contributed by atoms with Crippen molar-refractivity contribution in [2.45, 2.75) is 46.5 Å². The number of aromatic nitrogens is 1. The Labute approximate surface area is 120 Å². The van der Waals surface area contributed by atoms with Gasteiger partial charge in [-0.1, -0.05) is 20.8 Å². The zero-order chi connectivity index (χ0) is 14.7. The monoisotopic (exact) mass is 276 g/mol. The molecule has 2 rings (SSSR count). The van der Waals surface area contributed by atoms with Gasteiger partial charge in [0.25, 0.3) is 11.5 Å². The summed E-state index contributed by atoms with van der Waals surface area (Å²) in [4.78, 5) is 27.0. The summed E-state index contributed by atoms with van der Waals surface area (Å²) in [6.07, 6.45) is 3.87. The van der Waals surface area contributed by atoms with Crippen molar-refractivity contribution in [2.75, 3.05) is 6.54 Å². The maximum absolute atomic E-state index is 12.1. The number of pyridine rings is 1. The number of aryl methyl sites for hydroxylation is 1. The Balaban J connectivity index is 2.13. The number of nitrogens with one attached hydrogen (secondary N) is 2. The highest BCUT2D eigenvalue weighted by Gasteiger charge is 2.19. The van der Waals surface area contributed by atoms with Crippen molar-refractivity contribution in [2.24, 2.45) is 11.8 Å². The van der Waals surface area contributed by atoms with Gasteiger partial charge in [0.05, 0.1) is 0 Å². The van der Waals surface area contributed by atoms with Crippen LogP contribution in [-0.2, 0) is 12.8 Å². The molecule has 1 amide bonds. The van der Waals surface area contributed by atoms with E-state index in [4.69, 9.17) is 0 Å². The molecule has 0 unspecified atom stereocenters. The Hall–Kier alpha value is -1.58. The van der Waals surface area contributed by atoms with Crippen LogP contribution < -0.4 is 10.9 Å². The largest absolute Gasteiger partial charge is 0.352 e. The minimum absolute atomic E-state index is 0.251. The standard InChI is InChI=1S/C16H24N2O2/c1-10(2)6-7-17-15(19)13-9-12-8-11(3)4-5-14(12)18-16(13)20/h9-11H,4-8H2,1-3H3,(H,17,19)(H,18,20)/t11-/m1/s1. The SMILES string of the molecule is CC(C)CCNC(=O)c1cc2c([nH]c1=O)CC[C@@H](C)C2. The van der Waals surface area contributed by atoms with E-state index < -0.39 is 0 Å². The lowest BCUT2D eigenvalue weighted by molar-refractivity contribution is 0.0950. The van der Waals surface area contributed by atoms with E-state index in [2.05, 4.69) is 31.1 Å². The normalized spacial score (nSPS) is 17.9. The molecule has 0 spiro atoms. The number of hydrogen-bond acceptors (Lipinski definition) is 2. The highest BCUT2D eigenvalue weighted by atomic mass is 16.2. The molecule has 1 aliphatic rings. The van der Waals surface area contributed by atoms with E-state index in [0.29, 0.717) is 18.4 Å². The molecule has 2 N–H and O–H groups in total. The number of amides is 1. The number of aromatic amines is 1. The van der Waals surface area contributed by atoms with Crippen LogP contribution in [0.4, 0.5) is 0 Å². The summed E-state index contributed by atoms with van der Waals surface area (Å²) in [7, 11) is 0. The third-order valence-electron chi connectivity index (χ3n) is 3.92. The van der Waals surface area contributed by atoms with Crippen LogP contribution in [-0.4, -0.2) is 17.4 Å². The summed E-state index contributed by atoms with van der Waals surface area (Å²) in [5.74, 6) is 0.899. The van der Waals surface area contributed by atoms with Gasteiger partial charge in [0.15, 0.2) is 0 Å². The summed E-state index contributed by atoms with van der Waals surface area (Å²) < 4.78 is 0. The van der Waals surface area contributed by atoms with Gasteiger partial charge in [-0.3, -0.25) is 9.59 Å². The second-order valence-corrected chi connectivity index (χ2v) is 6.30. The average molecular weight is 276 g/mol. The zero-order valence-electron chi connectivity index (χ0n) is 12.6. The lowest BCUT2D eigenvalue weighted by Gasteiger charge is -2.21. The van der Waals surface area contributed by atoms with Gasteiger partial charge in [0.1, 0.15) is 5.56 Å². The van der Waals surface area contributed by atoms with Crippen LogP contribution in [0.25, 0.3) is 0 Å². The third-order valence-corrected chi connectivity index (χ3v) is 3.92. The van der Waals surface area contributed by atoms with Gasteiger partial charge in [0, 0.05) is 12.2 Å². The van der Waals surface area contributed by atoms with Crippen LogP contribution >= 0.6 is 0 Å². The van der Waals surface area contributed by atoms with Crippen LogP contribution in [0.2, 0.25) is 0 Å². The van der Waals surface area contributed by atoms with Crippen molar-refractivity contribution in [1.29, 1.82) is 0 Å². The average Bonchev–Trinajstić information content (AvgIpc) is 2.38. The zero-order valence-corrected chi connectivity index (χ0v) is 12.6. The molecule has 1 heterocycles. The topological polar surface area (TPSA) is 62.0 Å². The first kappa shape index (κ1) is 14.8. The first-order valence-electron chi connectivity index (χ1n) is 7.50. The van der Waals surface area contributed by atoms with E-state index in [1.807, 2.05) is 0 Å². The van der Waals surface area contributed by atoms with Crippen molar-refractivity contribution in [1.82, 2.24) is 10.3 Å². The van der Waals surface area contributed by atoms with Crippen LogP contribution in [0.5, 0.6) is 0 Å². The van der Waals surface area contributed by atoms with Crippen LogP contribution in [0.3, 0.4) is 0 Å². The molecule has 0 saturated heterocycles. The molecular formula is C16H24N2O2. The lowest BCUT2D eigenvalue weighted by atomic mass is 9.87. The number of carbonyl (C=O) groups excluding carboxylic acids is 1. The number of hydrogen-bond donors (Lipinski definition) is 2. The second kappa shape index (κ2) is 6.25. The van der Waals surface area contributed by atoms with Gasteiger partial charge in [-0.25, -0.2) is 0 Å². The molecule has 1 atom stereocenters. The van der Waals surface area contributed by atoms with Crippen LogP contribution in [0.15, 0.2) is 10.9 Å². The molecule has 0 bridgehead atoms. The lowest BCUT2D eigenvalue weighted by Crippen LogP contribution is -2.32. The van der Waals surface area contributed by atoms with E-state index in [-0.39, 0.29) is 17.0 Å². The summed E-state index contributed by atoms with van der Waals surface area (Å²) >= 11 is 0. The van der Waals surface area contributed by atoms with Crippen molar-refractivity contribution in [3.05, 3.63) is 33.2 Å². The summed E-state index contributed by atoms with van der Waals surface area (Å²) in [5.41, 5.74) is 2.12. The predicted molar refractivity (Wildman–Crippen MR) is 80.0 cm³/mol. The maximum Gasteiger partial charge on any atom is 0.261 e. The third kappa shape index (κ3) is 3.50. The molecule has 1 aromatic rings. The molecule has 0 saturated carbocycles. The van der Waals surface area contributed by atoms with Crippen molar-refractivity contribution in [3.63, 3.8) is 0 Å². The first-order chi connectivity index (χ1) is 9.47. The van der Waals surface area contributed by atoms with Gasteiger partial charge < -0.3 is 10.3 Å². The number of carbonyl (C=O) groups is 1. The van der Waals surface area contributed by atoms with Crippen LogP contribution in [0, 0.1) is 11.8 Å². The smallest absolute Gasteiger partial charge is 0.261 e. The maximum atomic E-state index is 12.1. The van der Waals surface area contributed by atoms with Crippen LogP contribution in [0.1, 0.15) is 55.2 Å². The Morgan fingerprint density at radius 2 is 2.25 bits per heavy atom. The fraction of sp³-hybridized carbons (Fsp3) is 0.625. The summed E-state index contributed by atoms with van der Waals surface area (Å²) in [6.45, 7) is 7.04. The highest BCUT2D eigenvalue weighted by molar-refractivity contribution is 5.94. The Bertz CT molecular complexity index is 546. The summed E-state index contributed by atoms with van der Waals surface area (Å²) in [6, 6.07) is 1.79. The van der Waals surface area contributed by atoms with E-state index in [1.165, 1.54) is 0 Å². The fourth-order valence-corrected chi connectivity index (χ4v) is 2.62. The molecule has 20 heavy (non-hydrogen) atoms. The fourth-order valence-electron chi connectivity index (χ4n) is 2.62. The Kier molecular flexibility index (Phi) is 4.63. The van der Waals surface area contributed by atoms with Crippen molar-refractivity contribution >= 4 is 5.91 Å². The van der Waals surface area contributed by atoms with Gasteiger partial charge in [0.2, 0.25) is 0 Å². The first-order valence-corrected chi connectivity index (χ1v) is 7.50. The number of H-pyrrole nitrogens is 1. The molecule has 0 aromatic carbocycles. The van der Waals surface area contributed by atoms with E-state index in [9.17, 15) is 9.59 Å². The minimum Gasteiger partial charge on any atom is -0.352 e. The molecule has 0 fully saturated rings. The van der Waals surface area contributed by atoms with Gasteiger partial charge >= 0.3 is 0 Å². The summed E-state index contributed by atoms with van der Waals surface area (Å²) in [5, 5.41) is 2.83. The highest BCUT2D eigenvalue weighted by Crippen LogP contribution is 2.23. The second-order valence-electron chi connectivity index (χ2n) is 6.30. The molecular weight excluding hydrogens is 252 g/mol.